The molecule has 0 bridgehead atoms. The first kappa shape index (κ1) is 22.7. The Hall–Kier alpha value is -1.44. The highest BCUT2D eigenvalue weighted by Gasteiger charge is 2.33. The Morgan fingerprint density at radius 2 is 1.90 bits per heavy atom. The van der Waals surface area contributed by atoms with Gasteiger partial charge in [-0.25, -0.2) is 0 Å². The van der Waals surface area contributed by atoms with Gasteiger partial charge in [-0.2, -0.15) is 5.10 Å². The van der Waals surface area contributed by atoms with Gasteiger partial charge in [-0.3, -0.25) is 14.4 Å². The van der Waals surface area contributed by atoms with Crippen LogP contribution in [-0.2, 0) is 24.1 Å². The van der Waals surface area contributed by atoms with E-state index in [-0.39, 0.29) is 11.4 Å². The molecule has 1 unspecified atom stereocenters. The van der Waals surface area contributed by atoms with Gasteiger partial charge < -0.3 is 15.0 Å². The Balaban J connectivity index is 1.46. The highest BCUT2D eigenvalue weighted by atomic mass is 16.5. The maximum atomic E-state index is 13.3. The number of hydrogen-bond donors (Lipinski definition) is 1. The van der Waals surface area contributed by atoms with Crippen molar-refractivity contribution in [3.63, 3.8) is 0 Å². The summed E-state index contributed by atoms with van der Waals surface area (Å²) in [6, 6.07) is 0.403. The van der Waals surface area contributed by atoms with Crippen LogP contribution in [0, 0.1) is 0 Å². The van der Waals surface area contributed by atoms with Crippen LogP contribution in [0.25, 0.3) is 0 Å². The number of rotatable bonds is 7. The molecule has 1 N–H and O–H groups in total. The van der Waals surface area contributed by atoms with E-state index in [2.05, 4.69) is 35.7 Å². The molecule has 7 nitrogen and oxygen atoms in total. The summed E-state index contributed by atoms with van der Waals surface area (Å²) in [5, 5.41) is 8.69. The Morgan fingerprint density at radius 3 is 2.61 bits per heavy atom. The quantitative estimate of drug-likeness (QED) is 0.719. The summed E-state index contributed by atoms with van der Waals surface area (Å²) >= 11 is 0. The number of carbonyl (C=O) groups is 1. The fourth-order valence-electron chi connectivity index (χ4n) is 5.35. The van der Waals surface area contributed by atoms with Crippen LogP contribution < -0.4 is 5.32 Å². The van der Waals surface area contributed by atoms with E-state index in [1.165, 1.54) is 17.7 Å². The first-order chi connectivity index (χ1) is 15.0. The van der Waals surface area contributed by atoms with Crippen LogP contribution in [0.4, 0.5) is 0 Å². The van der Waals surface area contributed by atoms with Crippen LogP contribution in [-0.4, -0.2) is 83.0 Å². The third-order valence-electron chi connectivity index (χ3n) is 7.32. The molecule has 31 heavy (non-hydrogen) atoms. The second kappa shape index (κ2) is 10.0. The van der Waals surface area contributed by atoms with Gasteiger partial charge in [0.15, 0.2) is 5.69 Å². The van der Waals surface area contributed by atoms with Gasteiger partial charge in [0.1, 0.15) is 0 Å². The van der Waals surface area contributed by atoms with Crippen LogP contribution in [0.15, 0.2) is 0 Å². The summed E-state index contributed by atoms with van der Waals surface area (Å²) in [4.78, 5) is 17.9. The fourth-order valence-corrected chi connectivity index (χ4v) is 5.35. The molecule has 1 aromatic rings. The van der Waals surface area contributed by atoms with Gasteiger partial charge in [-0.15, -0.1) is 0 Å². The summed E-state index contributed by atoms with van der Waals surface area (Å²) in [5.74, 6) is 0.153. The molecular weight excluding hydrogens is 390 g/mol. The summed E-state index contributed by atoms with van der Waals surface area (Å²) in [6.45, 7) is 14.1. The van der Waals surface area contributed by atoms with Gasteiger partial charge in [-0.1, -0.05) is 6.92 Å². The number of ether oxygens (including phenoxy) is 1. The Kier molecular flexibility index (Phi) is 7.34. The van der Waals surface area contributed by atoms with Crippen molar-refractivity contribution < 1.29 is 9.53 Å². The summed E-state index contributed by atoms with van der Waals surface area (Å²) < 4.78 is 7.65. The van der Waals surface area contributed by atoms with Gasteiger partial charge in [0.05, 0.1) is 13.2 Å². The third kappa shape index (κ3) is 5.15. The van der Waals surface area contributed by atoms with Gasteiger partial charge in [0.2, 0.25) is 0 Å². The number of fused-ring (bicyclic) bond motifs is 1. The number of likely N-dealkylation sites (tertiary alicyclic amines) is 1. The van der Waals surface area contributed by atoms with Crippen molar-refractivity contribution in [1.29, 1.82) is 0 Å². The van der Waals surface area contributed by atoms with E-state index >= 15 is 0 Å². The number of aryl methyl sites for hydroxylation is 1. The molecule has 4 rings (SSSR count). The van der Waals surface area contributed by atoms with Crippen molar-refractivity contribution in [2.24, 2.45) is 0 Å². The standard InChI is InChI=1S/C24H41N5O2/c1-4-10-29-21-9-8-19(25-18-24(2,3)28-13-15-31-16-14-28)17-20(21)22(26-29)23(30)27-11-6-5-7-12-27/h19,25H,4-18H2,1-3H3. The third-order valence-corrected chi connectivity index (χ3v) is 7.32. The topological polar surface area (TPSA) is 62.6 Å². The molecule has 7 heteroatoms. The van der Waals surface area contributed by atoms with E-state index in [4.69, 9.17) is 9.84 Å². The van der Waals surface area contributed by atoms with E-state index in [0.717, 1.165) is 96.7 Å². The molecule has 3 aliphatic rings. The van der Waals surface area contributed by atoms with Crippen molar-refractivity contribution in [1.82, 2.24) is 24.9 Å². The number of aromatic nitrogens is 2. The maximum Gasteiger partial charge on any atom is 0.274 e. The normalized spacial score (nSPS) is 23.1. The molecule has 1 aliphatic carbocycles. The predicted molar refractivity (Wildman–Crippen MR) is 123 cm³/mol. The van der Waals surface area contributed by atoms with Gasteiger partial charge >= 0.3 is 0 Å². The van der Waals surface area contributed by atoms with E-state index in [1.807, 2.05) is 4.90 Å². The molecule has 1 amide bonds. The molecule has 2 fully saturated rings. The first-order valence-electron chi connectivity index (χ1n) is 12.4. The molecule has 2 aliphatic heterocycles. The van der Waals surface area contributed by atoms with E-state index < -0.39 is 0 Å². The van der Waals surface area contributed by atoms with Gasteiger partial charge in [0.25, 0.3) is 5.91 Å². The van der Waals surface area contributed by atoms with E-state index in [9.17, 15) is 4.79 Å². The Morgan fingerprint density at radius 1 is 1.16 bits per heavy atom. The van der Waals surface area contributed by atoms with Gasteiger partial charge in [-0.05, 0) is 58.8 Å². The first-order valence-corrected chi connectivity index (χ1v) is 12.4. The fraction of sp³-hybridized carbons (Fsp3) is 0.833. The van der Waals surface area contributed by atoms with Crippen molar-refractivity contribution in [3.05, 3.63) is 17.0 Å². The lowest BCUT2D eigenvalue weighted by atomic mass is 9.90. The minimum atomic E-state index is 0.100. The zero-order chi connectivity index (χ0) is 21.8. The molecule has 1 atom stereocenters. The van der Waals surface area contributed by atoms with Gasteiger partial charge in [0, 0.05) is 62.1 Å². The Labute approximate surface area is 187 Å². The molecular formula is C24H41N5O2. The average Bonchev–Trinajstić information content (AvgIpc) is 3.16. The number of carbonyl (C=O) groups excluding carboxylic acids is 1. The monoisotopic (exact) mass is 431 g/mol. The molecule has 2 saturated heterocycles. The molecule has 0 radical (unpaired) electrons. The SMILES string of the molecule is CCCn1nc(C(=O)N2CCCCC2)c2c1CCC(NCC(C)(C)N1CCOCC1)C2. The number of piperidine rings is 1. The van der Waals surface area contributed by atoms with Crippen molar-refractivity contribution in [3.8, 4) is 0 Å². The Bertz CT molecular complexity index is 747. The lowest BCUT2D eigenvalue weighted by Gasteiger charge is -2.42. The highest BCUT2D eigenvalue weighted by Crippen LogP contribution is 2.27. The zero-order valence-corrected chi connectivity index (χ0v) is 19.8. The summed E-state index contributed by atoms with van der Waals surface area (Å²) in [7, 11) is 0. The van der Waals surface area contributed by atoms with Crippen LogP contribution >= 0.6 is 0 Å². The van der Waals surface area contributed by atoms with E-state index in [0.29, 0.717) is 6.04 Å². The predicted octanol–water partition coefficient (Wildman–Crippen LogP) is 2.48. The minimum Gasteiger partial charge on any atom is -0.379 e. The molecule has 174 valence electrons. The minimum absolute atomic E-state index is 0.100. The second-order valence-corrected chi connectivity index (χ2v) is 10.1. The van der Waals surface area contributed by atoms with E-state index in [1.54, 1.807) is 0 Å². The second-order valence-electron chi connectivity index (χ2n) is 10.1. The number of amides is 1. The largest absolute Gasteiger partial charge is 0.379 e. The highest BCUT2D eigenvalue weighted by molar-refractivity contribution is 5.94. The average molecular weight is 432 g/mol. The van der Waals surface area contributed by atoms with Crippen LogP contribution in [0.3, 0.4) is 0 Å². The van der Waals surface area contributed by atoms with Crippen molar-refractivity contribution >= 4 is 5.91 Å². The summed E-state index contributed by atoms with van der Waals surface area (Å²) in [6.07, 6.45) is 7.53. The molecule has 0 aromatic carbocycles. The number of nitrogens with one attached hydrogen (secondary N) is 1. The van der Waals surface area contributed by atoms with Crippen LogP contribution in [0.2, 0.25) is 0 Å². The molecule has 0 spiro atoms. The number of nitrogens with zero attached hydrogens (tertiary/aromatic N) is 4. The smallest absolute Gasteiger partial charge is 0.274 e. The van der Waals surface area contributed by atoms with Crippen molar-refractivity contribution in [2.45, 2.75) is 83.8 Å². The summed E-state index contributed by atoms with van der Waals surface area (Å²) in [5.41, 5.74) is 3.33. The van der Waals surface area contributed by atoms with Crippen LogP contribution in [0.5, 0.6) is 0 Å². The number of morpholine rings is 1. The maximum absolute atomic E-state index is 13.3. The number of hydrogen-bond acceptors (Lipinski definition) is 5. The molecule has 3 heterocycles. The lowest BCUT2D eigenvalue weighted by Crippen LogP contribution is -2.56. The lowest BCUT2D eigenvalue weighted by molar-refractivity contribution is -0.0104. The molecule has 0 saturated carbocycles. The zero-order valence-electron chi connectivity index (χ0n) is 19.8. The molecule has 1 aromatic heterocycles. The van der Waals surface area contributed by atoms with Crippen molar-refractivity contribution in [2.75, 3.05) is 45.9 Å². The van der Waals surface area contributed by atoms with Crippen LogP contribution in [0.1, 0.15) is 74.6 Å².